The number of anilines is 2. The summed E-state index contributed by atoms with van der Waals surface area (Å²) in [5.74, 6) is 0. The molecule has 0 atom stereocenters. The van der Waals surface area contributed by atoms with Gasteiger partial charge in [0.2, 0.25) is 0 Å². The standard InChI is InChI=1S/C17H21N3O2S2/c1-11-5-8-15(13(3)9-11)20-24(21,22)14-7-6-12(2)16(10-14)19-17(23)18-4/h5-10,20H,1-4H3,(H2,18,19,23). The highest BCUT2D eigenvalue weighted by molar-refractivity contribution is 7.92. The first-order chi connectivity index (χ1) is 11.2. The zero-order valence-corrected chi connectivity index (χ0v) is 15.7. The lowest BCUT2D eigenvalue weighted by Crippen LogP contribution is -2.24. The summed E-state index contributed by atoms with van der Waals surface area (Å²) in [5.41, 5.74) is 4.08. The van der Waals surface area contributed by atoms with Crippen LogP contribution in [-0.2, 0) is 10.0 Å². The zero-order valence-electron chi connectivity index (χ0n) is 14.1. The minimum atomic E-state index is -3.68. The first kappa shape index (κ1) is 18.2. The van der Waals surface area contributed by atoms with Crippen LogP contribution in [0.25, 0.3) is 0 Å². The molecule has 0 spiro atoms. The van der Waals surface area contributed by atoms with Gasteiger partial charge in [-0.05, 0) is 62.3 Å². The molecular weight excluding hydrogens is 342 g/mol. The summed E-state index contributed by atoms with van der Waals surface area (Å²) in [5, 5.41) is 6.22. The van der Waals surface area contributed by atoms with Crippen molar-refractivity contribution >= 4 is 38.7 Å². The summed E-state index contributed by atoms with van der Waals surface area (Å²) in [6.07, 6.45) is 0. The number of aryl methyl sites for hydroxylation is 3. The van der Waals surface area contributed by atoms with Gasteiger partial charge in [0.05, 0.1) is 10.6 Å². The smallest absolute Gasteiger partial charge is 0.261 e. The summed E-state index contributed by atoms with van der Waals surface area (Å²) < 4.78 is 28.0. The Morgan fingerprint density at radius 1 is 0.958 bits per heavy atom. The van der Waals surface area contributed by atoms with Crippen molar-refractivity contribution in [1.82, 2.24) is 5.32 Å². The van der Waals surface area contributed by atoms with E-state index in [9.17, 15) is 8.42 Å². The van der Waals surface area contributed by atoms with E-state index in [1.165, 1.54) is 0 Å². The Morgan fingerprint density at radius 3 is 2.29 bits per heavy atom. The van der Waals surface area contributed by atoms with E-state index in [2.05, 4.69) is 15.4 Å². The summed E-state index contributed by atoms with van der Waals surface area (Å²) in [6.45, 7) is 5.72. The van der Waals surface area contributed by atoms with Gasteiger partial charge in [0.15, 0.2) is 5.11 Å². The molecule has 7 heteroatoms. The van der Waals surface area contributed by atoms with Crippen LogP contribution in [-0.4, -0.2) is 20.6 Å². The Morgan fingerprint density at radius 2 is 1.67 bits per heavy atom. The lowest BCUT2D eigenvalue weighted by atomic mass is 10.1. The lowest BCUT2D eigenvalue weighted by molar-refractivity contribution is 0.601. The van der Waals surface area contributed by atoms with E-state index >= 15 is 0 Å². The van der Waals surface area contributed by atoms with Gasteiger partial charge in [0.25, 0.3) is 10.0 Å². The highest BCUT2D eigenvalue weighted by Gasteiger charge is 2.17. The minimum Gasteiger partial charge on any atom is -0.366 e. The third-order valence-corrected chi connectivity index (χ3v) is 5.29. The Balaban J connectivity index is 2.35. The normalized spacial score (nSPS) is 11.0. The van der Waals surface area contributed by atoms with E-state index in [4.69, 9.17) is 12.2 Å². The third-order valence-electron chi connectivity index (χ3n) is 3.62. The second kappa shape index (κ2) is 7.19. The van der Waals surface area contributed by atoms with Gasteiger partial charge in [-0.1, -0.05) is 23.8 Å². The maximum absolute atomic E-state index is 12.7. The maximum atomic E-state index is 12.7. The van der Waals surface area contributed by atoms with Crippen molar-refractivity contribution in [3.05, 3.63) is 53.1 Å². The molecule has 5 nitrogen and oxygen atoms in total. The SMILES string of the molecule is CNC(=S)Nc1cc(S(=O)(=O)Nc2ccc(C)cc2C)ccc1C. The molecule has 3 N–H and O–H groups in total. The second-order valence-electron chi connectivity index (χ2n) is 5.60. The average molecular weight is 364 g/mol. The van der Waals surface area contributed by atoms with Gasteiger partial charge in [0.1, 0.15) is 0 Å². The average Bonchev–Trinajstić information content (AvgIpc) is 2.52. The van der Waals surface area contributed by atoms with Crippen LogP contribution in [0.3, 0.4) is 0 Å². The molecule has 0 aliphatic heterocycles. The topological polar surface area (TPSA) is 70.2 Å². The molecular formula is C17H21N3O2S2. The number of nitrogens with one attached hydrogen (secondary N) is 3. The number of hydrogen-bond donors (Lipinski definition) is 3. The van der Waals surface area contributed by atoms with Crippen molar-refractivity contribution in [3.63, 3.8) is 0 Å². The molecule has 0 heterocycles. The van der Waals surface area contributed by atoms with Crippen molar-refractivity contribution in [2.45, 2.75) is 25.7 Å². The maximum Gasteiger partial charge on any atom is 0.261 e. The van der Waals surface area contributed by atoms with Crippen LogP contribution in [0.1, 0.15) is 16.7 Å². The van der Waals surface area contributed by atoms with Crippen molar-refractivity contribution in [3.8, 4) is 0 Å². The van der Waals surface area contributed by atoms with Crippen LogP contribution in [0, 0.1) is 20.8 Å². The monoisotopic (exact) mass is 363 g/mol. The molecule has 2 aromatic rings. The molecule has 2 aromatic carbocycles. The fourth-order valence-corrected chi connectivity index (χ4v) is 3.49. The minimum absolute atomic E-state index is 0.175. The molecule has 0 radical (unpaired) electrons. The third kappa shape index (κ3) is 4.24. The van der Waals surface area contributed by atoms with Crippen molar-refractivity contribution in [1.29, 1.82) is 0 Å². The molecule has 0 aliphatic rings. The van der Waals surface area contributed by atoms with Crippen LogP contribution in [0.5, 0.6) is 0 Å². The second-order valence-corrected chi connectivity index (χ2v) is 7.70. The lowest BCUT2D eigenvalue weighted by Gasteiger charge is -2.14. The van der Waals surface area contributed by atoms with Crippen LogP contribution in [0.15, 0.2) is 41.3 Å². The number of rotatable bonds is 4. The quantitative estimate of drug-likeness (QED) is 0.727. The largest absolute Gasteiger partial charge is 0.366 e. The van der Waals surface area contributed by atoms with Crippen LogP contribution >= 0.6 is 12.2 Å². The van der Waals surface area contributed by atoms with Crippen LogP contribution in [0.4, 0.5) is 11.4 Å². The molecule has 0 saturated carbocycles. The zero-order chi connectivity index (χ0) is 17.9. The van der Waals surface area contributed by atoms with E-state index in [0.717, 1.165) is 16.7 Å². The molecule has 0 saturated heterocycles. The first-order valence-electron chi connectivity index (χ1n) is 7.42. The van der Waals surface area contributed by atoms with Gasteiger partial charge in [-0.15, -0.1) is 0 Å². The highest BCUT2D eigenvalue weighted by Crippen LogP contribution is 2.24. The molecule has 0 bridgehead atoms. The number of sulfonamides is 1. The fourth-order valence-electron chi connectivity index (χ4n) is 2.22. The molecule has 24 heavy (non-hydrogen) atoms. The van der Waals surface area contributed by atoms with Gasteiger partial charge in [-0.2, -0.15) is 0 Å². The van der Waals surface area contributed by atoms with Gasteiger partial charge in [0, 0.05) is 12.7 Å². The first-order valence-corrected chi connectivity index (χ1v) is 9.31. The predicted molar refractivity (Wildman–Crippen MR) is 103 cm³/mol. The molecule has 0 fully saturated rings. The number of benzene rings is 2. The predicted octanol–water partition coefficient (Wildman–Crippen LogP) is 3.33. The van der Waals surface area contributed by atoms with E-state index < -0.39 is 10.0 Å². The Hall–Kier alpha value is -2.12. The van der Waals surface area contributed by atoms with Crippen molar-refractivity contribution in [2.75, 3.05) is 17.1 Å². The number of hydrogen-bond acceptors (Lipinski definition) is 3. The molecule has 0 aromatic heterocycles. The van der Waals surface area contributed by atoms with Gasteiger partial charge in [-0.3, -0.25) is 4.72 Å². The van der Waals surface area contributed by atoms with Gasteiger partial charge >= 0.3 is 0 Å². The van der Waals surface area contributed by atoms with Gasteiger partial charge < -0.3 is 10.6 Å². The summed E-state index contributed by atoms with van der Waals surface area (Å²) >= 11 is 5.08. The van der Waals surface area contributed by atoms with Crippen LogP contribution in [0.2, 0.25) is 0 Å². The summed E-state index contributed by atoms with van der Waals surface area (Å²) in [7, 11) is -1.98. The fraction of sp³-hybridized carbons (Fsp3) is 0.235. The Labute approximate surface area is 148 Å². The summed E-state index contributed by atoms with van der Waals surface area (Å²) in [4.78, 5) is 0.175. The Bertz CT molecular complexity index is 877. The van der Waals surface area contributed by atoms with E-state index in [1.807, 2.05) is 32.9 Å². The molecule has 0 aliphatic carbocycles. The van der Waals surface area contributed by atoms with E-state index in [-0.39, 0.29) is 4.90 Å². The summed E-state index contributed by atoms with van der Waals surface area (Å²) in [6, 6.07) is 10.5. The number of thiocarbonyl (C=S) groups is 1. The van der Waals surface area contributed by atoms with Gasteiger partial charge in [-0.25, -0.2) is 8.42 Å². The molecule has 0 amide bonds. The Kier molecular flexibility index (Phi) is 5.46. The molecule has 2 rings (SSSR count). The van der Waals surface area contributed by atoms with Crippen molar-refractivity contribution in [2.24, 2.45) is 0 Å². The van der Waals surface area contributed by atoms with E-state index in [0.29, 0.717) is 16.5 Å². The van der Waals surface area contributed by atoms with Crippen LogP contribution < -0.4 is 15.4 Å². The molecule has 128 valence electrons. The highest BCUT2D eigenvalue weighted by atomic mass is 32.2. The van der Waals surface area contributed by atoms with E-state index in [1.54, 1.807) is 31.3 Å². The molecule has 0 unspecified atom stereocenters. The van der Waals surface area contributed by atoms with Crippen molar-refractivity contribution < 1.29 is 8.42 Å².